The van der Waals surface area contributed by atoms with Gasteiger partial charge in [0.1, 0.15) is 5.58 Å². The van der Waals surface area contributed by atoms with Crippen molar-refractivity contribution in [3.63, 3.8) is 0 Å². The van der Waals surface area contributed by atoms with E-state index in [0.29, 0.717) is 28.0 Å². The van der Waals surface area contributed by atoms with Gasteiger partial charge in [0.25, 0.3) is 0 Å². The lowest BCUT2D eigenvalue weighted by atomic mass is 10.2. The molecule has 2 heterocycles. The van der Waals surface area contributed by atoms with E-state index in [2.05, 4.69) is 16.9 Å². The summed E-state index contributed by atoms with van der Waals surface area (Å²) in [5.74, 6) is -0.944. The SMILES string of the molecule is C=CCn1c(=NC(=O)c2cc(=O)c3ccccc3o2)sc2cc(NC(C)=O)ccc21. The van der Waals surface area contributed by atoms with Crippen molar-refractivity contribution in [2.75, 3.05) is 5.32 Å². The molecule has 150 valence electrons. The molecule has 4 rings (SSSR count). The van der Waals surface area contributed by atoms with Gasteiger partial charge < -0.3 is 14.3 Å². The first kappa shape index (κ1) is 19.5. The van der Waals surface area contributed by atoms with Gasteiger partial charge in [-0.2, -0.15) is 4.99 Å². The van der Waals surface area contributed by atoms with Crippen LogP contribution in [-0.2, 0) is 11.3 Å². The molecular weight excluding hydrogens is 402 g/mol. The first-order chi connectivity index (χ1) is 14.5. The van der Waals surface area contributed by atoms with E-state index in [4.69, 9.17) is 4.42 Å². The fourth-order valence-corrected chi connectivity index (χ4v) is 4.17. The van der Waals surface area contributed by atoms with Gasteiger partial charge in [0.15, 0.2) is 16.0 Å². The number of thiazole rings is 1. The Morgan fingerprint density at radius 1 is 1.23 bits per heavy atom. The molecule has 0 fully saturated rings. The van der Waals surface area contributed by atoms with E-state index in [1.165, 1.54) is 18.3 Å². The molecule has 0 aliphatic rings. The molecule has 4 aromatic rings. The van der Waals surface area contributed by atoms with E-state index in [-0.39, 0.29) is 17.1 Å². The molecule has 2 aromatic carbocycles. The molecular formula is C22H17N3O4S. The summed E-state index contributed by atoms with van der Waals surface area (Å²) in [7, 11) is 0. The lowest BCUT2D eigenvalue weighted by Gasteiger charge is -2.03. The molecule has 0 radical (unpaired) electrons. The molecule has 8 heteroatoms. The first-order valence-electron chi connectivity index (χ1n) is 9.10. The number of carbonyl (C=O) groups is 2. The highest BCUT2D eigenvalue weighted by Gasteiger charge is 2.13. The maximum Gasteiger partial charge on any atom is 0.315 e. The van der Waals surface area contributed by atoms with E-state index in [1.807, 2.05) is 16.7 Å². The Balaban J connectivity index is 1.83. The second-order valence-electron chi connectivity index (χ2n) is 6.54. The highest BCUT2D eigenvalue weighted by Crippen LogP contribution is 2.22. The number of hydrogen-bond donors (Lipinski definition) is 1. The van der Waals surface area contributed by atoms with Gasteiger partial charge in [0, 0.05) is 25.2 Å². The summed E-state index contributed by atoms with van der Waals surface area (Å²) in [6.07, 6.45) is 1.70. The number of nitrogens with one attached hydrogen (secondary N) is 1. The van der Waals surface area contributed by atoms with Crippen molar-refractivity contribution < 1.29 is 14.0 Å². The fraction of sp³-hybridized carbons (Fsp3) is 0.0909. The molecule has 2 amide bonds. The minimum Gasteiger partial charge on any atom is -0.451 e. The van der Waals surface area contributed by atoms with Crippen LogP contribution in [0, 0.1) is 0 Å². The number of anilines is 1. The van der Waals surface area contributed by atoms with Gasteiger partial charge in [-0.3, -0.25) is 14.4 Å². The second kappa shape index (κ2) is 7.92. The zero-order valence-electron chi connectivity index (χ0n) is 16.0. The van der Waals surface area contributed by atoms with Crippen LogP contribution in [0.15, 0.2) is 75.4 Å². The molecule has 0 spiro atoms. The normalized spacial score (nSPS) is 11.7. The maximum absolute atomic E-state index is 12.8. The third-order valence-electron chi connectivity index (χ3n) is 4.36. The van der Waals surface area contributed by atoms with Crippen LogP contribution in [-0.4, -0.2) is 16.4 Å². The molecule has 0 bridgehead atoms. The van der Waals surface area contributed by atoms with E-state index in [9.17, 15) is 14.4 Å². The van der Waals surface area contributed by atoms with Crippen LogP contribution >= 0.6 is 11.3 Å². The number of para-hydroxylation sites is 1. The molecule has 0 aliphatic heterocycles. The van der Waals surface area contributed by atoms with Gasteiger partial charge >= 0.3 is 5.91 Å². The van der Waals surface area contributed by atoms with Crippen molar-refractivity contribution in [1.82, 2.24) is 4.57 Å². The number of aromatic nitrogens is 1. The molecule has 7 nitrogen and oxygen atoms in total. The summed E-state index contributed by atoms with van der Waals surface area (Å²) in [5, 5.41) is 3.14. The van der Waals surface area contributed by atoms with Crippen molar-refractivity contribution in [2.24, 2.45) is 4.99 Å². The highest BCUT2D eigenvalue weighted by atomic mass is 32.1. The van der Waals surface area contributed by atoms with Crippen LogP contribution in [0.1, 0.15) is 17.5 Å². The molecule has 0 saturated heterocycles. The number of fused-ring (bicyclic) bond motifs is 2. The van der Waals surface area contributed by atoms with Gasteiger partial charge in [-0.15, -0.1) is 6.58 Å². The van der Waals surface area contributed by atoms with Gasteiger partial charge in [-0.1, -0.05) is 29.5 Å². The van der Waals surface area contributed by atoms with E-state index < -0.39 is 5.91 Å². The summed E-state index contributed by atoms with van der Waals surface area (Å²) >= 11 is 1.29. The van der Waals surface area contributed by atoms with Crippen molar-refractivity contribution >= 4 is 50.0 Å². The zero-order chi connectivity index (χ0) is 21.3. The molecule has 0 aliphatic carbocycles. The third kappa shape index (κ3) is 3.72. The van der Waals surface area contributed by atoms with Crippen LogP contribution in [0.25, 0.3) is 21.2 Å². The maximum atomic E-state index is 12.8. The average Bonchev–Trinajstić information content (AvgIpc) is 3.04. The van der Waals surface area contributed by atoms with Gasteiger partial charge in [-0.25, -0.2) is 0 Å². The quantitative estimate of drug-likeness (QED) is 0.511. The Morgan fingerprint density at radius 2 is 2.03 bits per heavy atom. The number of carbonyl (C=O) groups excluding carboxylic acids is 2. The van der Waals surface area contributed by atoms with Crippen molar-refractivity contribution in [3.8, 4) is 0 Å². The molecule has 1 N–H and O–H groups in total. The fourth-order valence-electron chi connectivity index (χ4n) is 3.10. The minimum atomic E-state index is -0.649. The smallest absolute Gasteiger partial charge is 0.315 e. The van der Waals surface area contributed by atoms with Gasteiger partial charge in [0.2, 0.25) is 5.91 Å². The van der Waals surface area contributed by atoms with Crippen molar-refractivity contribution in [3.05, 3.63) is 82.0 Å². The van der Waals surface area contributed by atoms with E-state index in [0.717, 1.165) is 16.3 Å². The molecule has 2 aromatic heterocycles. The van der Waals surface area contributed by atoms with Crippen LogP contribution in [0.2, 0.25) is 0 Å². The number of rotatable bonds is 4. The summed E-state index contributed by atoms with van der Waals surface area (Å²) < 4.78 is 8.27. The van der Waals surface area contributed by atoms with Gasteiger partial charge in [-0.05, 0) is 30.3 Å². The predicted molar refractivity (Wildman–Crippen MR) is 117 cm³/mol. The monoisotopic (exact) mass is 419 g/mol. The highest BCUT2D eigenvalue weighted by molar-refractivity contribution is 7.16. The second-order valence-corrected chi connectivity index (χ2v) is 7.54. The number of nitrogens with zero attached hydrogens (tertiary/aromatic N) is 2. The Labute approximate surface area is 174 Å². The number of allylic oxidation sites excluding steroid dienone is 1. The van der Waals surface area contributed by atoms with Crippen LogP contribution in [0.3, 0.4) is 0 Å². The number of amides is 2. The van der Waals surface area contributed by atoms with Crippen LogP contribution in [0.5, 0.6) is 0 Å². The zero-order valence-corrected chi connectivity index (χ0v) is 16.9. The summed E-state index contributed by atoms with van der Waals surface area (Å²) in [5.41, 5.74) is 1.53. The first-order valence-corrected chi connectivity index (χ1v) is 9.92. The molecule has 0 saturated carbocycles. The summed E-state index contributed by atoms with van der Waals surface area (Å²) in [6.45, 7) is 5.64. The Morgan fingerprint density at radius 3 is 2.80 bits per heavy atom. The minimum absolute atomic E-state index is 0.125. The molecule has 0 atom stereocenters. The Hall–Kier alpha value is -3.78. The molecule has 30 heavy (non-hydrogen) atoms. The Kier molecular flexibility index (Phi) is 5.16. The van der Waals surface area contributed by atoms with E-state index >= 15 is 0 Å². The van der Waals surface area contributed by atoms with Crippen molar-refractivity contribution in [2.45, 2.75) is 13.5 Å². The Bertz CT molecular complexity index is 1440. The number of benzene rings is 2. The van der Waals surface area contributed by atoms with Crippen LogP contribution < -0.4 is 15.5 Å². The largest absolute Gasteiger partial charge is 0.451 e. The third-order valence-corrected chi connectivity index (χ3v) is 5.40. The lowest BCUT2D eigenvalue weighted by Crippen LogP contribution is -2.17. The van der Waals surface area contributed by atoms with Crippen molar-refractivity contribution in [1.29, 1.82) is 0 Å². The molecule has 0 unspecified atom stereocenters. The van der Waals surface area contributed by atoms with E-state index in [1.54, 1.807) is 36.4 Å². The number of hydrogen-bond acceptors (Lipinski definition) is 5. The average molecular weight is 419 g/mol. The summed E-state index contributed by atoms with van der Waals surface area (Å²) in [6, 6.07) is 13.3. The van der Waals surface area contributed by atoms with Crippen LogP contribution in [0.4, 0.5) is 5.69 Å². The lowest BCUT2D eigenvalue weighted by molar-refractivity contribution is -0.114. The standard InChI is InChI=1S/C22H17N3O4S/c1-3-10-25-16-9-8-14(23-13(2)26)11-20(16)30-22(25)24-21(28)19-12-17(27)15-6-4-5-7-18(15)29-19/h3-9,11-12H,1,10H2,2H3,(H,23,26). The predicted octanol–water partition coefficient (Wildman–Crippen LogP) is 3.69. The summed E-state index contributed by atoms with van der Waals surface area (Å²) in [4.78, 5) is 41.0. The van der Waals surface area contributed by atoms with Gasteiger partial charge in [0.05, 0.1) is 15.6 Å². The topological polar surface area (TPSA) is 93.7 Å².